The monoisotopic (exact) mass is 313 g/mol. The average molecular weight is 313 g/mol. The van der Waals surface area contributed by atoms with Crippen LogP contribution in [0.3, 0.4) is 0 Å². The largest absolute Gasteiger partial charge is 0.444 e. The Morgan fingerprint density at radius 1 is 1.23 bits per heavy atom. The van der Waals surface area contributed by atoms with Crippen molar-refractivity contribution in [3.63, 3.8) is 0 Å². The molecule has 22 heavy (non-hydrogen) atoms. The van der Waals surface area contributed by atoms with Gasteiger partial charge in [-0.05, 0) is 33.6 Å². The van der Waals surface area contributed by atoms with Crippen molar-refractivity contribution in [2.24, 2.45) is 0 Å². The molecule has 0 radical (unpaired) electrons. The molecule has 7 heteroatoms. The molecule has 2 aliphatic heterocycles. The van der Waals surface area contributed by atoms with Gasteiger partial charge in [-0.25, -0.2) is 4.79 Å². The van der Waals surface area contributed by atoms with Crippen LogP contribution < -0.4 is 5.32 Å². The molecular formula is C15H27N3O4. The first kappa shape index (κ1) is 17.0. The Morgan fingerprint density at radius 3 is 2.55 bits per heavy atom. The highest BCUT2D eigenvalue weighted by atomic mass is 16.6. The maximum Gasteiger partial charge on any atom is 0.410 e. The number of rotatable bonds is 3. The second-order valence-electron chi connectivity index (χ2n) is 7.16. The Balaban J connectivity index is 1.71. The van der Waals surface area contributed by atoms with Crippen molar-refractivity contribution in [2.45, 2.75) is 51.4 Å². The van der Waals surface area contributed by atoms with Gasteiger partial charge in [0.2, 0.25) is 5.91 Å². The van der Waals surface area contributed by atoms with Crippen molar-refractivity contribution in [3.05, 3.63) is 0 Å². The number of nitrogens with one attached hydrogen (secondary N) is 1. The van der Waals surface area contributed by atoms with Gasteiger partial charge in [0.05, 0.1) is 12.6 Å². The summed E-state index contributed by atoms with van der Waals surface area (Å²) in [6.07, 6.45) is 0.824. The zero-order valence-electron chi connectivity index (χ0n) is 13.7. The van der Waals surface area contributed by atoms with Gasteiger partial charge in [-0.15, -0.1) is 0 Å². The smallest absolute Gasteiger partial charge is 0.410 e. The summed E-state index contributed by atoms with van der Waals surface area (Å²) in [4.78, 5) is 27.5. The third-order valence-corrected chi connectivity index (χ3v) is 3.82. The van der Waals surface area contributed by atoms with Gasteiger partial charge in [-0.3, -0.25) is 9.69 Å². The van der Waals surface area contributed by atoms with E-state index in [0.717, 1.165) is 19.4 Å². The van der Waals surface area contributed by atoms with E-state index >= 15 is 0 Å². The molecule has 2 heterocycles. The van der Waals surface area contributed by atoms with E-state index in [4.69, 9.17) is 4.74 Å². The highest BCUT2D eigenvalue weighted by molar-refractivity contribution is 5.78. The molecule has 126 valence electrons. The number of likely N-dealkylation sites (tertiary alicyclic amines) is 2. The number of nitrogens with zero attached hydrogens (tertiary/aromatic N) is 2. The molecule has 0 aliphatic carbocycles. The normalized spacial score (nSPS) is 26.3. The van der Waals surface area contributed by atoms with Crippen LogP contribution in [0.15, 0.2) is 0 Å². The van der Waals surface area contributed by atoms with Gasteiger partial charge in [0.25, 0.3) is 0 Å². The number of aliphatic hydroxyl groups is 1. The first-order valence-corrected chi connectivity index (χ1v) is 7.90. The summed E-state index contributed by atoms with van der Waals surface area (Å²) in [5, 5.41) is 12.4. The average Bonchev–Trinajstić information content (AvgIpc) is 2.96. The van der Waals surface area contributed by atoms with E-state index in [-0.39, 0.29) is 24.1 Å². The highest BCUT2D eigenvalue weighted by Crippen LogP contribution is 2.15. The molecule has 7 nitrogen and oxygen atoms in total. The fraction of sp³-hybridized carbons (Fsp3) is 0.867. The molecular weight excluding hydrogens is 286 g/mol. The number of hydrogen-bond donors (Lipinski definition) is 2. The predicted molar refractivity (Wildman–Crippen MR) is 81.4 cm³/mol. The SMILES string of the molecule is CC(C)(C)OC(=O)N1CCC(NC(=O)CN2CC[C@H](O)C2)C1. The molecule has 2 amide bonds. The lowest BCUT2D eigenvalue weighted by atomic mass is 10.2. The van der Waals surface area contributed by atoms with E-state index in [1.807, 2.05) is 25.7 Å². The molecule has 0 aromatic heterocycles. The molecule has 0 saturated carbocycles. The van der Waals surface area contributed by atoms with Gasteiger partial charge in [-0.1, -0.05) is 0 Å². The van der Waals surface area contributed by atoms with Crippen LogP contribution in [-0.2, 0) is 9.53 Å². The van der Waals surface area contributed by atoms with Gasteiger partial charge >= 0.3 is 6.09 Å². The number of carbonyl (C=O) groups excluding carboxylic acids is 2. The number of hydrogen-bond acceptors (Lipinski definition) is 5. The van der Waals surface area contributed by atoms with Crippen LogP contribution in [0.1, 0.15) is 33.6 Å². The van der Waals surface area contributed by atoms with E-state index in [2.05, 4.69) is 5.32 Å². The lowest BCUT2D eigenvalue weighted by Gasteiger charge is -2.24. The topological polar surface area (TPSA) is 82.1 Å². The molecule has 0 bridgehead atoms. The lowest BCUT2D eigenvalue weighted by molar-refractivity contribution is -0.122. The van der Waals surface area contributed by atoms with Crippen molar-refractivity contribution in [1.82, 2.24) is 15.1 Å². The molecule has 2 saturated heterocycles. The van der Waals surface area contributed by atoms with Crippen LogP contribution in [0.5, 0.6) is 0 Å². The minimum Gasteiger partial charge on any atom is -0.444 e. The molecule has 1 unspecified atom stereocenters. The zero-order chi connectivity index (χ0) is 16.3. The standard InChI is InChI=1S/C15H27N3O4/c1-15(2,3)22-14(21)18-7-4-11(8-18)16-13(20)10-17-6-5-12(19)9-17/h11-12,19H,4-10H2,1-3H3,(H,16,20)/t11?,12-/m0/s1. The molecule has 2 fully saturated rings. The second kappa shape index (κ2) is 6.83. The summed E-state index contributed by atoms with van der Waals surface area (Å²) >= 11 is 0. The van der Waals surface area contributed by atoms with Gasteiger partial charge < -0.3 is 20.1 Å². The van der Waals surface area contributed by atoms with Crippen LogP contribution in [0.2, 0.25) is 0 Å². The molecule has 2 rings (SSSR count). The van der Waals surface area contributed by atoms with E-state index in [1.54, 1.807) is 4.90 Å². The van der Waals surface area contributed by atoms with Crippen LogP contribution >= 0.6 is 0 Å². The van der Waals surface area contributed by atoms with Crippen LogP contribution in [0.4, 0.5) is 4.79 Å². The summed E-state index contributed by atoms with van der Waals surface area (Å²) in [6, 6.07) is -0.0208. The maximum absolute atomic E-state index is 12.0. The lowest BCUT2D eigenvalue weighted by Crippen LogP contribution is -2.43. The minimum atomic E-state index is -0.505. The van der Waals surface area contributed by atoms with Gasteiger partial charge in [0.1, 0.15) is 5.60 Å². The fourth-order valence-corrected chi connectivity index (χ4v) is 2.80. The van der Waals surface area contributed by atoms with E-state index in [9.17, 15) is 14.7 Å². The summed E-state index contributed by atoms with van der Waals surface area (Å²) in [7, 11) is 0. The summed E-state index contributed by atoms with van der Waals surface area (Å²) in [5.74, 6) is -0.0508. The molecule has 2 atom stereocenters. The van der Waals surface area contributed by atoms with Crippen LogP contribution in [0, 0.1) is 0 Å². The zero-order valence-corrected chi connectivity index (χ0v) is 13.7. The molecule has 0 aromatic carbocycles. The number of β-amino-alcohol motifs (C(OH)–C–C–N with tert-alkyl or cyclic N) is 1. The third kappa shape index (κ3) is 5.14. The van der Waals surface area contributed by atoms with E-state index in [1.165, 1.54) is 0 Å². The van der Waals surface area contributed by atoms with E-state index in [0.29, 0.717) is 26.2 Å². The Bertz CT molecular complexity index is 422. The van der Waals surface area contributed by atoms with Gasteiger partial charge in [0.15, 0.2) is 0 Å². The number of ether oxygens (including phenoxy) is 1. The maximum atomic E-state index is 12.0. The molecule has 2 N–H and O–H groups in total. The third-order valence-electron chi connectivity index (χ3n) is 3.82. The second-order valence-corrected chi connectivity index (χ2v) is 7.16. The van der Waals surface area contributed by atoms with Gasteiger partial charge in [0, 0.05) is 32.2 Å². The number of carbonyl (C=O) groups is 2. The van der Waals surface area contributed by atoms with Crippen molar-refractivity contribution in [1.29, 1.82) is 0 Å². The molecule has 0 aromatic rings. The van der Waals surface area contributed by atoms with Crippen molar-refractivity contribution in [2.75, 3.05) is 32.7 Å². The minimum absolute atomic E-state index is 0.0208. The quantitative estimate of drug-likeness (QED) is 0.777. The number of amides is 2. The van der Waals surface area contributed by atoms with Gasteiger partial charge in [-0.2, -0.15) is 0 Å². The van der Waals surface area contributed by atoms with Crippen LogP contribution in [0.25, 0.3) is 0 Å². The highest BCUT2D eigenvalue weighted by Gasteiger charge is 2.31. The Morgan fingerprint density at radius 2 is 1.95 bits per heavy atom. The summed E-state index contributed by atoms with van der Waals surface area (Å²) in [5.41, 5.74) is -0.505. The predicted octanol–water partition coefficient (Wildman–Crippen LogP) is 0.179. The molecule has 2 aliphatic rings. The Hall–Kier alpha value is -1.34. The van der Waals surface area contributed by atoms with Crippen LogP contribution in [-0.4, -0.2) is 77.4 Å². The Kier molecular flexibility index (Phi) is 5.28. The van der Waals surface area contributed by atoms with Crippen molar-refractivity contribution < 1.29 is 19.4 Å². The summed E-state index contributed by atoms with van der Waals surface area (Å²) in [6.45, 7) is 8.22. The van der Waals surface area contributed by atoms with Crippen molar-refractivity contribution >= 4 is 12.0 Å². The first-order chi connectivity index (χ1) is 10.2. The fourth-order valence-electron chi connectivity index (χ4n) is 2.80. The Labute approximate surface area is 131 Å². The van der Waals surface area contributed by atoms with Crippen molar-refractivity contribution in [3.8, 4) is 0 Å². The summed E-state index contributed by atoms with van der Waals surface area (Å²) < 4.78 is 5.33. The molecule has 0 spiro atoms. The number of aliphatic hydroxyl groups excluding tert-OH is 1. The van der Waals surface area contributed by atoms with E-state index < -0.39 is 5.60 Å². The first-order valence-electron chi connectivity index (χ1n) is 7.90.